The Morgan fingerprint density at radius 3 is 2.55 bits per heavy atom. The number of alkyl halides is 2. The van der Waals surface area contributed by atoms with Crippen LogP contribution in [0.15, 0.2) is 24.3 Å². The number of anilines is 1. The molecule has 6 heteroatoms. The standard InChI is InChI=1S/C16H22F2N2O.ClH/c17-15(18)12-5-4-6-13(9-12)20-14(21)10-16(11-19)7-2-1-3-8-16;/h4-6,9,15H,1-3,7-8,10-11,19H2,(H,20,21);1H. The van der Waals surface area contributed by atoms with Gasteiger partial charge in [-0.1, -0.05) is 31.4 Å². The van der Waals surface area contributed by atoms with Gasteiger partial charge in [0.15, 0.2) is 0 Å². The minimum atomic E-state index is -2.53. The van der Waals surface area contributed by atoms with Crippen molar-refractivity contribution in [2.75, 3.05) is 11.9 Å². The summed E-state index contributed by atoms with van der Waals surface area (Å²) in [6.07, 6.45) is 3.16. The van der Waals surface area contributed by atoms with Crippen LogP contribution in [0, 0.1) is 5.41 Å². The van der Waals surface area contributed by atoms with Gasteiger partial charge in [-0.3, -0.25) is 4.79 Å². The maximum Gasteiger partial charge on any atom is 0.263 e. The molecule has 0 aliphatic heterocycles. The van der Waals surface area contributed by atoms with E-state index >= 15 is 0 Å². The highest BCUT2D eigenvalue weighted by atomic mass is 35.5. The highest BCUT2D eigenvalue weighted by molar-refractivity contribution is 5.91. The zero-order valence-electron chi connectivity index (χ0n) is 12.5. The van der Waals surface area contributed by atoms with Gasteiger partial charge in [0.2, 0.25) is 5.91 Å². The topological polar surface area (TPSA) is 55.1 Å². The third kappa shape index (κ3) is 4.92. The number of carbonyl (C=O) groups is 1. The highest BCUT2D eigenvalue weighted by Crippen LogP contribution is 2.38. The van der Waals surface area contributed by atoms with Crippen molar-refractivity contribution in [2.24, 2.45) is 11.1 Å². The number of carbonyl (C=O) groups excluding carboxylic acids is 1. The number of benzene rings is 1. The first-order chi connectivity index (χ1) is 10.0. The van der Waals surface area contributed by atoms with Gasteiger partial charge in [0.1, 0.15) is 0 Å². The van der Waals surface area contributed by atoms with E-state index in [4.69, 9.17) is 5.73 Å². The highest BCUT2D eigenvalue weighted by Gasteiger charge is 2.32. The van der Waals surface area contributed by atoms with Gasteiger partial charge in [-0.25, -0.2) is 8.78 Å². The van der Waals surface area contributed by atoms with Crippen molar-refractivity contribution in [3.8, 4) is 0 Å². The molecular formula is C16H23ClF2N2O. The van der Waals surface area contributed by atoms with Gasteiger partial charge >= 0.3 is 0 Å². The summed E-state index contributed by atoms with van der Waals surface area (Å²) in [7, 11) is 0. The molecule has 3 nitrogen and oxygen atoms in total. The van der Waals surface area contributed by atoms with E-state index in [1.54, 1.807) is 6.07 Å². The number of hydrogen-bond donors (Lipinski definition) is 2. The Balaban J connectivity index is 0.00000242. The summed E-state index contributed by atoms with van der Waals surface area (Å²) in [6.45, 7) is 0.498. The molecule has 0 radical (unpaired) electrons. The van der Waals surface area contributed by atoms with Crippen molar-refractivity contribution >= 4 is 24.0 Å². The lowest BCUT2D eigenvalue weighted by molar-refractivity contribution is -0.118. The second-order valence-electron chi connectivity index (χ2n) is 5.92. The molecule has 0 spiro atoms. The molecule has 1 aliphatic rings. The first-order valence-corrected chi connectivity index (χ1v) is 7.43. The molecule has 0 saturated heterocycles. The quantitative estimate of drug-likeness (QED) is 0.845. The number of nitrogens with one attached hydrogen (secondary N) is 1. The van der Waals surface area contributed by atoms with Crippen LogP contribution in [0.2, 0.25) is 0 Å². The molecule has 0 heterocycles. The average Bonchev–Trinajstić information content (AvgIpc) is 2.48. The summed E-state index contributed by atoms with van der Waals surface area (Å²) in [5.74, 6) is -0.145. The third-order valence-corrected chi connectivity index (χ3v) is 4.31. The molecule has 2 rings (SSSR count). The van der Waals surface area contributed by atoms with E-state index in [0.29, 0.717) is 18.7 Å². The van der Waals surface area contributed by atoms with Crippen molar-refractivity contribution in [3.05, 3.63) is 29.8 Å². The summed E-state index contributed by atoms with van der Waals surface area (Å²) in [4.78, 5) is 12.2. The summed E-state index contributed by atoms with van der Waals surface area (Å²) < 4.78 is 25.3. The number of hydrogen-bond acceptors (Lipinski definition) is 2. The zero-order valence-corrected chi connectivity index (χ0v) is 13.3. The van der Waals surface area contributed by atoms with Crippen molar-refractivity contribution in [1.82, 2.24) is 0 Å². The molecule has 1 aromatic carbocycles. The Labute approximate surface area is 136 Å². The number of amides is 1. The first-order valence-electron chi connectivity index (χ1n) is 7.43. The van der Waals surface area contributed by atoms with Gasteiger partial charge in [0.25, 0.3) is 6.43 Å². The molecule has 124 valence electrons. The van der Waals surface area contributed by atoms with Gasteiger partial charge in [-0.2, -0.15) is 0 Å². The van der Waals surface area contributed by atoms with E-state index in [1.165, 1.54) is 24.6 Å². The fourth-order valence-corrected chi connectivity index (χ4v) is 3.05. The number of nitrogens with two attached hydrogens (primary N) is 1. The van der Waals surface area contributed by atoms with Crippen LogP contribution >= 0.6 is 12.4 Å². The van der Waals surface area contributed by atoms with Gasteiger partial charge in [-0.15, -0.1) is 12.4 Å². The smallest absolute Gasteiger partial charge is 0.263 e. The van der Waals surface area contributed by atoms with Crippen LogP contribution in [0.25, 0.3) is 0 Å². The Bertz CT molecular complexity index is 491. The largest absolute Gasteiger partial charge is 0.330 e. The monoisotopic (exact) mass is 332 g/mol. The molecule has 1 saturated carbocycles. The van der Waals surface area contributed by atoms with Crippen LogP contribution in [0.3, 0.4) is 0 Å². The van der Waals surface area contributed by atoms with Crippen LogP contribution in [-0.4, -0.2) is 12.5 Å². The summed E-state index contributed by atoms with van der Waals surface area (Å²) >= 11 is 0. The number of rotatable bonds is 5. The van der Waals surface area contributed by atoms with Crippen molar-refractivity contribution in [2.45, 2.75) is 45.0 Å². The van der Waals surface area contributed by atoms with Crippen LogP contribution < -0.4 is 11.1 Å². The summed E-state index contributed by atoms with van der Waals surface area (Å²) in [5, 5.41) is 2.72. The van der Waals surface area contributed by atoms with Gasteiger partial charge in [0, 0.05) is 17.7 Å². The van der Waals surface area contributed by atoms with Crippen LogP contribution in [-0.2, 0) is 4.79 Å². The Morgan fingerprint density at radius 1 is 1.27 bits per heavy atom. The molecule has 0 unspecified atom stereocenters. The fraction of sp³-hybridized carbons (Fsp3) is 0.562. The van der Waals surface area contributed by atoms with Gasteiger partial charge in [-0.05, 0) is 36.9 Å². The lowest BCUT2D eigenvalue weighted by Crippen LogP contribution is -2.36. The minimum Gasteiger partial charge on any atom is -0.330 e. The zero-order chi connectivity index (χ0) is 15.3. The van der Waals surface area contributed by atoms with Crippen LogP contribution in [0.5, 0.6) is 0 Å². The predicted octanol–water partition coefficient (Wildman–Crippen LogP) is 4.28. The third-order valence-electron chi connectivity index (χ3n) is 4.31. The Morgan fingerprint density at radius 2 is 1.95 bits per heavy atom. The van der Waals surface area contributed by atoms with E-state index < -0.39 is 6.43 Å². The molecule has 0 atom stereocenters. The normalized spacial score (nSPS) is 16.9. The van der Waals surface area contributed by atoms with Crippen molar-refractivity contribution in [3.63, 3.8) is 0 Å². The SMILES string of the molecule is Cl.NCC1(CC(=O)Nc2cccc(C(F)F)c2)CCCCC1. The lowest BCUT2D eigenvalue weighted by atomic mass is 9.71. The molecule has 1 aliphatic carbocycles. The molecule has 3 N–H and O–H groups in total. The molecule has 0 aromatic heterocycles. The maximum absolute atomic E-state index is 12.6. The molecule has 1 aromatic rings. The predicted molar refractivity (Wildman–Crippen MR) is 86.5 cm³/mol. The summed E-state index contributed by atoms with van der Waals surface area (Å²) in [5.41, 5.74) is 6.08. The molecular weight excluding hydrogens is 310 g/mol. The van der Waals surface area contributed by atoms with Crippen molar-refractivity contribution < 1.29 is 13.6 Å². The molecule has 1 fully saturated rings. The van der Waals surface area contributed by atoms with E-state index in [1.807, 2.05) is 0 Å². The second-order valence-corrected chi connectivity index (χ2v) is 5.92. The van der Waals surface area contributed by atoms with E-state index in [2.05, 4.69) is 5.32 Å². The van der Waals surface area contributed by atoms with E-state index in [-0.39, 0.29) is 29.3 Å². The average molecular weight is 333 g/mol. The van der Waals surface area contributed by atoms with Crippen LogP contribution in [0.1, 0.15) is 50.5 Å². The molecule has 1 amide bonds. The number of halogens is 3. The van der Waals surface area contributed by atoms with Crippen LogP contribution in [0.4, 0.5) is 14.5 Å². The van der Waals surface area contributed by atoms with Crippen molar-refractivity contribution in [1.29, 1.82) is 0 Å². The lowest BCUT2D eigenvalue weighted by Gasteiger charge is -2.35. The molecule has 0 bridgehead atoms. The minimum absolute atomic E-state index is 0. The fourth-order valence-electron chi connectivity index (χ4n) is 3.05. The van der Waals surface area contributed by atoms with E-state index in [9.17, 15) is 13.6 Å². The second kappa shape index (κ2) is 8.44. The van der Waals surface area contributed by atoms with Gasteiger partial charge < -0.3 is 11.1 Å². The van der Waals surface area contributed by atoms with E-state index in [0.717, 1.165) is 25.7 Å². The molecule has 22 heavy (non-hydrogen) atoms. The Hall–Kier alpha value is -1.20. The first kappa shape index (κ1) is 18.8. The maximum atomic E-state index is 12.6. The Kier molecular flexibility index (Phi) is 7.23. The van der Waals surface area contributed by atoms with Gasteiger partial charge in [0.05, 0.1) is 0 Å². The summed E-state index contributed by atoms with van der Waals surface area (Å²) in [6, 6.07) is 5.82.